The number of piperidine rings is 1. The summed E-state index contributed by atoms with van der Waals surface area (Å²) in [5, 5.41) is 6.06. The number of halogens is 2. The molecule has 1 heterocycles. The first-order valence-corrected chi connectivity index (χ1v) is 9.89. The average Bonchev–Trinajstić information content (AvgIpc) is 2.54. The monoisotopic (exact) mass is 409 g/mol. The molecule has 0 aromatic heterocycles. The van der Waals surface area contributed by atoms with E-state index in [9.17, 15) is 17.6 Å². The van der Waals surface area contributed by atoms with Gasteiger partial charge in [0.25, 0.3) is 5.91 Å². The van der Waals surface area contributed by atoms with Crippen LogP contribution in [0.2, 0.25) is 0 Å². The van der Waals surface area contributed by atoms with E-state index in [4.69, 9.17) is 4.74 Å². The van der Waals surface area contributed by atoms with Crippen LogP contribution in [0.15, 0.2) is 18.2 Å². The number of methoxy groups -OCH3 is 1. The Morgan fingerprint density at radius 1 is 1.35 bits per heavy atom. The van der Waals surface area contributed by atoms with Gasteiger partial charge in [0.15, 0.2) is 0 Å². The predicted octanol–water partition coefficient (Wildman–Crippen LogP) is 1.36. The van der Waals surface area contributed by atoms with Crippen molar-refractivity contribution in [3.8, 4) is 0 Å². The molecular formula is C16H25ClFN3O4S. The fraction of sp³-hybridized carbons (Fsp3) is 0.562. The Balaban J connectivity index is 0.00000338. The van der Waals surface area contributed by atoms with Gasteiger partial charge in [-0.05, 0) is 44.1 Å². The molecular weight excluding hydrogens is 385 g/mol. The fourth-order valence-electron chi connectivity index (χ4n) is 2.99. The molecule has 0 radical (unpaired) electrons. The number of anilines is 1. The zero-order valence-electron chi connectivity index (χ0n) is 14.8. The summed E-state index contributed by atoms with van der Waals surface area (Å²) in [5.74, 6) is -1.14. The molecule has 0 spiro atoms. The second-order valence-electron chi connectivity index (χ2n) is 6.43. The number of amides is 1. The zero-order chi connectivity index (χ0) is 18.5. The summed E-state index contributed by atoms with van der Waals surface area (Å²) in [5.41, 5.74) is -0.188. The highest BCUT2D eigenvalue weighted by atomic mass is 35.5. The summed E-state index contributed by atoms with van der Waals surface area (Å²) in [7, 11) is -1.97. The van der Waals surface area contributed by atoms with Gasteiger partial charge in [-0.25, -0.2) is 12.8 Å². The van der Waals surface area contributed by atoms with Crippen molar-refractivity contribution >= 4 is 34.0 Å². The lowest BCUT2D eigenvalue weighted by Crippen LogP contribution is -2.47. The molecule has 1 fully saturated rings. The van der Waals surface area contributed by atoms with Crippen LogP contribution in [0.1, 0.15) is 23.2 Å². The number of nitrogens with one attached hydrogen (secondary N) is 3. The molecule has 1 aliphatic heterocycles. The number of hydrogen-bond donors (Lipinski definition) is 3. The minimum atomic E-state index is -3.58. The van der Waals surface area contributed by atoms with Crippen LogP contribution < -0.4 is 15.4 Å². The molecule has 0 unspecified atom stereocenters. The second-order valence-corrected chi connectivity index (χ2v) is 8.18. The molecule has 0 saturated carbocycles. The first-order chi connectivity index (χ1) is 11.7. The Morgan fingerprint density at radius 2 is 2.00 bits per heavy atom. The molecule has 0 bridgehead atoms. The van der Waals surface area contributed by atoms with E-state index in [1.54, 1.807) is 7.11 Å². The van der Waals surface area contributed by atoms with Crippen molar-refractivity contribution in [1.29, 1.82) is 0 Å². The van der Waals surface area contributed by atoms with Crippen molar-refractivity contribution in [3.63, 3.8) is 0 Å². The number of ether oxygens (including phenoxy) is 1. The first-order valence-electron chi connectivity index (χ1n) is 8.00. The van der Waals surface area contributed by atoms with Crippen LogP contribution in [0.3, 0.4) is 0 Å². The summed E-state index contributed by atoms with van der Waals surface area (Å²) >= 11 is 0. The maximum absolute atomic E-state index is 13.5. The van der Waals surface area contributed by atoms with Crippen molar-refractivity contribution in [2.45, 2.75) is 12.8 Å². The van der Waals surface area contributed by atoms with Gasteiger partial charge in [-0.3, -0.25) is 9.52 Å². The number of benzene rings is 1. The molecule has 3 N–H and O–H groups in total. The van der Waals surface area contributed by atoms with Gasteiger partial charge in [-0.15, -0.1) is 12.4 Å². The van der Waals surface area contributed by atoms with Crippen LogP contribution in [-0.2, 0) is 14.8 Å². The van der Waals surface area contributed by atoms with Crippen molar-refractivity contribution < 1.29 is 22.3 Å². The van der Waals surface area contributed by atoms with Gasteiger partial charge in [0, 0.05) is 19.1 Å². The third-order valence-corrected chi connectivity index (χ3v) is 4.85. The second kappa shape index (κ2) is 9.50. The Labute approximate surface area is 159 Å². The standard InChI is InChI=1S/C16H24FN3O4S.ClH/c1-24-11-16(5-7-18-8-6-16)10-19-15(21)13-9-12(17)3-4-14(13)20-25(2,22)23;/h3-4,9,18,20H,5-8,10-11H2,1-2H3,(H,19,21);1H. The van der Waals surface area contributed by atoms with Crippen molar-refractivity contribution in [3.05, 3.63) is 29.6 Å². The number of carbonyl (C=O) groups is 1. The van der Waals surface area contributed by atoms with E-state index in [0.717, 1.165) is 44.3 Å². The molecule has 26 heavy (non-hydrogen) atoms. The molecule has 0 aliphatic carbocycles. The van der Waals surface area contributed by atoms with Gasteiger partial charge in [0.2, 0.25) is 10.0 Å². The van der Waals surface area contributed by atoms with Crippen LogP contribution in [0.25, 0.3) is 0 Å². The van der Waals surface area contributed by atoms with Gasteiger partial charge < -0.3 is 15.4 Å². The maximum Gasteiger partial charge on any atom is 0.253 e. The van der Waals surface area contributed by atoms with Gasteiger partial charge in [-0.2, -0.15) is 0 Å². The third kappa shape index (κ3) is 6.39. The lowest BCUT2D eigenvalue weighted by Gasteiger charge is -2.37. The highest BCUT2D eigenvalue weighted by molar-refractivity contribution is 7.92. The van der Waals surface area contributed by atoms with Crippen LogP contribution in [0.4, 0.5) is 10.1 Å². The van der Waals surface area contributed by atoms with Crippen LogP contribution in [0.5, 0.6) is 0 Å². The van der Waals surface area contributed by atoms with Gasteiger partial charge in [0.1, 0.15) is 5.82 Å². The lowest BCUT2D eigenvalue weighted by molar-refractivity contribution is 0.0512. The Morgan fingerprint density at radius 3 is 2.58 bits per heavy atom. The number of rotatable bonds is 7. The third-order valence-electron chi connectivity index (χ3n) is 4.26. The Hall–Kier alpha value is -1.42. The summed E-state index contributed by atoms with van der Waals surface area (Å²) in [4.78, 5) is 12.5. The molecule has 1 aromatic rings. The molecule has 1 aromatic carbocycles. The number of sulfonamides is 1. The average molecular weight is 410 g/mol. The van der Waals surface area contributed by atoms with E-state index in [-0.39, 0.29) is 29.1 Å². The first kappa shape index (κ1) is 22.6. The van der Waals surface area contributed by atoms with Crippen LogP contribution >= 0.6 is 12.4 Å². The van der Waals surface area contributed by atoms with E-state index in [1.165, 1.54) is 6.07 Å². The topological polar surface area (TPSA) is 96.5 Å². The normalized spacial score (nSPS) is 16.4. The van der Waals surface area contributed by atoms with E-state index >= 15 is 0 Å². The molecule has 1 saturated heterocycles. The van der Waals surface area contributed by atoms with Crippen molar-refractivity contribution in [1.82, 2.24) is 10.6 Å². The highest BCUT2D eigenvalue weighted by Crippen LogP contribution is 2.28. The minimum absolute atomic E-state index is 0. The quantitative estimate of drug-likeness (QED) is 0.632. The van der Waals surface area contributed by atoms with Crippen molar-refractivity contribution in [2.75, 3.05) is 44.3 Å². The largest absolute Gasteiger partial charge is 0.384 e. The summed E-state index contributed by atoms with van der Waals surface area (Å²) in [6.45, 7) is 2.54. The Kier molecular flexibility index (Phi) is 8.26. The number of hydrogen-bond acceptors (Lipinski definition) is 5. The van der Waals surface area contributed by atoms with E-state index in [2.05, 4.69) is 15.4 Å². The highest BCUT2D eigenvalue weighted by Gasteiger charge is 2.32. The van der Waals surface area contributed by atoms with E-state index in [1.807, 2.05) is 0 Å². The van der Waals surface area contributed by atoms with Crippen molar-refractivity contribution in [2.24, 2.45) is 5.41 Å². The molecule has 7 nitrogen and oxygen atoms in total. The molecule has 148 valence electrons. The number of carbonyl (C=O) groups excluding carboxylic acids is 1. The van der Waals surface area contributed by atoms with E-state index in [0.29, 0.717) is 13.2 Å². The molecule has 10 heteroatoms. The summed E-state index contributed by atoms with van der Waals surface area (Å²) in [6.07, 6.45) is 2.66. The predicted molar refractivity (Wildman–Crippen MR) is 101 cm³/mol. The van der Waals surface area contributed by atoms with Crippen LogP contribution in [0, 0.1) is 11.2 Å². The lowest BCUT2D eigenvalue weighted by atomic mass is 9.79. The smallest absolute Gasteiger partial charge is 0.253 e. The summed E-state index contributed by atoms with van der Waals surface area (Å²) < 4.78 is 44.0. The molecule has 2 rings (SSSR count). The summed E-state index contributed by atoms with van der Waals surface area (Å²) in [6, 6.07) is 3.36. The fourth-order valence-corrected chi connectivity index (χ4v) is 3.57. The Bertz CT molecular complexity index is 719. The van der Waals surface area contributed by atoms with E-state index < -0.39 is 21.7 Å². The molecule has 0 atom stereocenters. The molecule has 1 amide bonds. The van der Waals surface area contributed by atoms with Gasteiger partial charge in [-0.1, -0.05) is 0 Å². The SMILES string of the molecule is COCC1(CNC(=O)c2cc(F)ccc2NS(C)(=O)=O)CCNCC1.Cl. The maximum atomic E-state index is 13.5. The zero-order valence-corrected chi connectivity index (χ0v) is 16.4. The molecule has 1 aliphatic rings. The van der Waals surface area contributed by atoms with Crippen LogP contribution in [-0.4, -0.2) is 53.9 Å². The van der Waals surface area contributed by atoms with Gasteiger partial charge in [0.05, 0.1) is 24.1 Å². The minimum Gasteiger partial charge on any atom is -0.384 e. The van der Waals surface area contributed by atoms with Gasteiger partial charge >= 0.3 is 0 Å².